The molecule has 2 aromatic rings. The molecule has 3 rings (SSSR count). The predicted octanol–water partition coefficient (Wildman–Crippen LogP) is 4.89. The van der Waals surface area contributed by atoms with Gasteiger partial charge in [-0.2, -0.15) is 4.31 Å². The van der Waals surface area contributed by atoms with Crippen LogP contribution in [0.15, 0.2) is 58.4 Å². The van der Waals surface area contributed by atoms with Crippen molar-refractivity contribution in [1.82, 2.24) is 9.21 Å². The van der Waals surface area contributed by atoms with Crippen LogP contribution in [0.1, 0.15) is 43.6 Å². The van der Waals surface area contributed by atoms with Crippen LogP contribution in [0.3, 0.4) is 0 Å². The van der Waals surface area contributed by atoms with Crippen LogP contribution in [0, 0.1) is 0 Å². The fourth-order valence-corrected chi connectivity index (χ4v) is 6.70. The summed E-state index contributed by atoms with van der Waals surface area (Å²) in [6, 6.07) is 14.3. The normalized spacial score (nSPS) is 17.3. The number of rotatable bonds is 7. The van der Waals surface area contributed by atoms with Crippen LogP contribution in [-0.2, 0) is 16.6 Å². The number of carbonyl (C=O) groups excluding carboxylic acids is 1. The van der Waals surface area contributed by atoms with E-state index in [2.05, 4.69) is 0 Å². The Bertz CT molecular complexity index is 1110. The van der Waals surface area contributed by atoms with E-state index in [0.29, 0.717) is 30.6 Å². The smallest absolute Gasteiger partial charge is 0.260 e. The zero-order valence-electron chi connectivity index (χ0n) is 18.7. The van der Waals surface area contributed by atoms with Gasteiger partial charge in [0.15, 0.2) is 5.17 Å². The Morgan fingerprint density at radius 2 is 1.81 bits per heavy atom. The molecule has 0 aromatic heterocycles. The minimum Gasteiger partial charge on any atom is -0.281 e. The summed E-state index contributed by atoms with van der Waals surface area (Å²) in [6.45, 7) is 8.59. The summed E-state index contributed by atoms with van der Waals surface area (Å²) in [5.41, 5.74) is 0.856. The van der Waals surface area contributed by atoms with E-state index in [9.17, 15) is 13.2 Å². The van der Waals surface area contributed by atoms with E-state index in [-0.39, 0.29) is 21.4 Å². The number of hydrogen-bond donors (Lipinski definition) is 0. The molecule has 6 nitrogen and oxygen atoms in total. The average molecular weight is 494 g/mol. The first kappa shape index (κ1) is 24.8. The van der Waals surface area contributed by atoms with Gasteiger partial charge in [-0.05, 0) is 37.6 Å². The van der Waals surface area contributed by atoms with Crippen LogP contribution in [0.25, 0.3) is 0 Å². The number of nitrogens with zero attached hydrogens (tertiary/aromatic N) is 3. The van der Waals surface area contributed by atoms with Gasteiger partial charge in [0.25, 0.3) is 5.91 Å². The summed E-state index contributed by atoms with van der Waals surface area (Å²) in [5.74, 6) is 0.407. The first-order valence-electron chi connectivity index (χ1n) is 10.5. The third-order valence-electron chi connectivity index (χ3n) is 5.30. The van der Waals surface area contributed by atoms with Gasteiger partial charge in [0.05, 0.1) is 17.1 Å². The fraction of sp³-hybridized carbons (Fsp3) is 0.391. The summed E-state index contributed by atoms with van der Waals surface area (Å²) < 4.78 is 27.4. The molecule has 0 spiro atoms. The van der Waals surface area contributed by atoms with Crippen LogP contribution >= 0.6 is 23.4 Å². The first-order chi connectivity index (χ1) is 15.1. The molecule has 1 aliphatic heterocycles. The molecule has 9 heteroatoms. The Kier molecular flexibility index (Phi) is 7.70. The number of benzene rings is 2. The quantitative estimate of drug-likeness (QED) is 0.550. The van der Waals surface area contributed by atoms with E-state index in [4.69, 9.17) is 16.6 Å². The van der Waals surface area contributed by atoms with Gasteiger partial charge < -0.3 is 0 Å². The summed E-state index contributed by atoms with van der Waals surface area (Å²) in [7, 11) is -3.80. The first-order valence-corrected chi connectivity index (χ1v) is 13.3. The maximum absolute atomic E-state index is 13.6. The van der Waals surface area contributed by atoms with Gasteiger partial charge in [-0.15, -0.1) is 0 Å². The van der Waals surface area contributed by atoms with Crippen LogP contribution in [0.5, 0.6) is 0 Å². The summed E-state index contributed by atoms with van der Waals surface area (Å²) in [6.07, 6.45) is 0. The summed E-state index contributed by atoms with van der Waals surface area (Å²) in [5, 5.41) is 0.730. The van der Waals surface area contributed by atoms with E-state index in [1.807, 2.05) is 44.2 Å². The SMILES string of the molecule is CCN(CC)S(=O)(=O)c1cc(C(=O)N2C(=NCc3ccccc3)SCC2(C)C)ccc1Cl. The van der Waals surface area contributed by atoms with Gasteiger partial charge in [0, 0.05) is 24.4 Å². The Hall–Kier alpha value is -1.87. The van der Waals surface area contributed by atoms with Crippen LogP contribution < -0.4 is 0 Å². The van der Waals surface area contributed by atoms with Crippen molar-refractivity contribution in [2.24, 2.45) is 4.99 Å². The maximum atomic E-state index is 13.6. The van der Waals surface area contributed by atoms with Crippen molar-refractivity contribution < 1.29 is 13.2 Å². The molecule has 1 fully saturated rings. The molecule has 1 heterocycles. The standard InChI is InChI=1S/C23H28ClN3O3S2/c1-5-26(6-2)32(29,30)20-14-18(12-13-19(20)24)21(28)27-22(31-16-23(27,3)4)25-15-17-10-8-7-9-11-17/h7-14H,5-6,15-16H2,1-4H3. The van der Waals surface area contributed by atoms with Gasteiger partial charge in [0.2, 0.25) is 10.0 Å². The molecule has 0 aliphatic carbocycles. The molecule has 1 aliphatic rings. The molecule has 0 atom stereocenters. The zero-order chi connectivity index (χ0) is 23.5. The number of carbonyl (C=O) groups is 1. The molecule has 0 unspecified atom stereocenters. The highest BCUT2D eigenvalue weighted by atomic mass is 35.5. The number of halogens is 1. The molecule has 172 valence electrons. The van der Waals surface area contributed by atoms with Crippen molar-refractivity contribution in [3.05, 3.63) is 64.7 Å². The Balaban J connectivity index is 1.97. The highest BCUT2D eigenvalue weighted by Crippen LogP contribution is 2.35. The Morgan fingerprint density at radius 3 is 2.44 bits per heavy atom. The van der Waals surface area contributed by atoms with Gasteiger partial charge in [-0.3, -0.25) is 14.7 Å². The lowest BCUT2D eigenvalue weighted by Gasteiger charge is -2.30. The number of amides is 1. The molecule has 2 aromatic carbocycles. The minimum atomic E-state index is -3.80. The van der Waals surface area contributed by atoms with E-state index >= 15 is 0 Å². The van der Waals surface area contributed by atoms with Crippen molar-refractivity contribution in [2.45, 2.75) is 44.7 Å². The largest absolute Gasteiger partial charge is 0.281 e. The predicted molar refractivity (Wildman–Crippen MR) is 132 cm³/mol. The number of aliphatic imine (C=N–C) groups is 1. The fourth-order valence-electron chi connectivity index (χ4n) is 3.52. The van der Waals surface area contributed by atoms with Crippen LogP contribution in [-0.4, -0.2) is 53.1 Å². The molecular weight excluding hydrogens is 466 g/mol. The lowest BCUT2D eigenvalue weighted by atomic mass is 10.0. The third-order valence-corrected chi connectivity index (χ3v) is 9.25. The Morgan fingerprint density at radius 1 is 1.16 bits per heavy atom. The second-order valence-corrected chi connectivity index (χ2v) is 11.3. The molecular formula is C23H28ClN3O3S2. The topological polar surface area (TPSA) is 70.1 Å². The molecule has 0 bridgehead atoms. The van der Waals surface area contributed by atoms with Crippen molar-refractivity contribution >= 4 is 44.5 Å². The lowest BCUT2D eigenvalue weighted by Crippen LogP contribution is -2.46. The summed E-state index contributed by atoms with van der Waals surface area (Å²) in [4.78, 5) is 19.9. The summed E-state index contributed by atoms with van der Waals surface area (Å²) >= 11 is 7.77. The van der Waals surface area contributed by atoms with E-state index in [1.54, 1.807) is 24.8 Å². The van der Waals surface area contributed by atoms with E-state index in [1.165, 1.54) is 28.2 Å². The monoisotopic (exact) mass is 493 g/mol. The van der Waals surface area contributed by atoms with Crippen molar-refractivity contribution in [3.8, 4) is 0 Å². The van der Waals surface area contributed by atoms with E-state index < -0.39 is 15.6 Å². The lowest BCUT2D eigenvalue weighted by molar-refractivity contribution is 0.0766. The number of sulfonamides is 1. The minimum absolute atomic E-state index is 0.0545. The second kappa shape index (κ2) is 9.95. The van der Waals surface area contributed by atoms with Gasteiger partial charge >= 0.3 is 0 Å². The molecule has 0 saturated carbocycles. The van der Waals surface area contributed by atoms with Gasteiger partial charge in [-0.25, -0.2) is 8.42 Å². The molecule has 0 radical (unpaired) electrons. The molecule has 0 N–H and O–H groups in total. The number of amidine groups is 1. The second-order valence-electron chi connectivity index (χ2n) is 8.06. The molecule has 1 saturated heterocycles. The maximum Gasteiger partial charge on any atom is 0.260 e. The van der Waals surface area contributed by atoms with Crippen molar-refractivity contribution in [2.75, 3.05) is 18.8 Å². The van der Waals surface area contributed by atoms with Crippen LogP contribution in [0.4, 0.5) is 0 Å². The van der Waals surface area contributed by atoms with Crippen molar-refractivity contribution in [3.63, 3.8) is 0 Å². The number of thioether (sulfide) groups is 1. The highest BCUT2D eigenvalue weighted by Gasteiger charge is 2.42. The van der Waals surface area contributed by atoms with E-state index in [0.717, 1.165) is 5.56 Å². The van der Waals surface area contributed by atoms with Gasteiger partial charge in [0.1, 0.15) is 4.90 Å². The van der Waals surface area contributed by atoms with Gasteiger partial charge in [-0.1, -0.05) is 67.5 Å². The Labute approximate surface area is 199 Å². The number of hydrogen-bond acceptors (Lipinski definition) is 5. The molecule has 1 amide bonds. The van der Waals surface area contributed by atoms with Crippen molar-refractivity contribution in [1.29, 1.82) is 0 Å². The molecule has 32 heavy (non-hydrogen) atoms. The third kappa shape index (κ3) is 5.03. The average Bonchev–Trinajstić information content (AvgIpc) is 3.07. The van der Waals surface area contributed by atoms with Crippen LogP contribution in [0.2, 0.25) is 5.02 Å². The zero-order valence-corrected chi connectivity index (χ0v) is 21.1. The highest BCUT2D eigenvalue weighted by molar-refractivity contribution is 8.14.